The zero-order chi connectivity index (χ0) is 21.7. The van der Waals surface area contributed by atoms with Crippen LogP contribution >= 0.6 is 0 Å². The van der Waals surface area contributed by atoms with E-state index in [4.69, 9.17) is 29.4 Å². The molecule has 5 atom stereocenters. The number of ether oxygens (including phenoxy) is 5. The number of hydrogen-bond acceptors (Lipinski definition) is 9. The maximum Gasteiger partial charge on any atom is 0.508 e. The van der Waals surface area contributed by atoms with Crippen LogP contribution in [0.2, 0.25) is 0 Å². The predicted octanol–water partition coefficient (Wildman–Crippen LogP) is 2.61. The first-order chi connectivity index (χ1) is 14.1. The minimum atomic E-state index is -0.944. The minimum absolute atomic E-state index is 0.0419. The second-order valence-electron chi connectivity index (χ2n) is 8.45. The summed E-state index contributed by atoms with van der Waals surface area (Å²) in [7, 11) is 0. The molecule has 2 saturated heterocycles. The number of aromatic nitrogens is 3. The van der Waals surface area contributed by atoms with Crippen molar-refractivity contribution >= 4 is 17.5 Å². The predicted molar refractivity (Wildman–Crippen MR) is 106 cm³/mol. The summed E-state index contributed by atoms with van der Waals surface area (Å²) in [4.78, 5) is 16.1. The molecule has 30 heavy (non-hydrogen) atoms. The molecule has 4 rings (SSSR count). The zero-order valence-corrected chi connectivity index (χ0v) is 17.8. The van der Waals surface area contributed by atoms with Gasteiger partial charge in [0, 0.05) is 0 Å². The monoisotopic (exact) mass is 420 g/mol. The van der Waals surface area contributed by atoms with Gasteiger partial charge >= 0.3 is 6.16 Å². The number of nitrogen functional groups attached to an aromatic ring is 1. The van der Waals surface area contributed by atoms with Gasteiger partial charge in [-0.3, -0.25) is 0 Å². The summed E-state index contributed by atoms with van der Waals surface area (Å²) < 4.78 is 30.9. The Morgan fingerprint density at radius 2 is 2.07 bits per heavy atom. The van der Waals surface area contributed by atoms with Crippen molar-refractivity contribution in [2.45, 2.75) is 76.8 Å². The molecule has 0 bridgehead atoms. The Bertz CT molecular complexity index is 947. The van der Waals surface area contributed by atoms with Crippen molar-refractivity contribution in [1.82, 2.24) is 14.6 Å². The molecular formula is C20H28N4O6. The first-order valence-electron chi connectivity index (χ1n) is 10.1. The molecule has 0 aliphatic carbocycles. The SMILES string of the molecule is CC[C@H](C)OC(=O)OC[C@@]1(C)O[C@@H](c2ccc3c(N)ncnn23)[C@@H]2OC(C)(C)O[C@@H]21. The van der Waals surface area contributed by atoms with E-state index in [1.54, 1.807) is 4.52 Å². The van der Waals surface area contributed by atoms with Crippen LogP contribution in [0.15, 0.2) is 18.5 Å². The largest absolute Gasteiger partial charge is 0.508 e. The van der Waals surface area contributed by atoms with Gasteiger partial charge in [-0.05, 0) is 46.2 Å². The Hall–Kier alpha value is -2.43. The Kier molecular flexibility index (Phi) is 5.11. The van der Waals surface area contributed by atoms with E-state index in [2.05, 4.69) is 10.1 Å². The highest BCUT2D eigenvalue weighted by atomic mass is 16.8. The van der Waals surface area contributed by atoms with E-state index in [0.717, 1.165) is 5.69 Å². The quantitative estimate of drug-likeness (QED) is 0.728. The molecule has 0 unspecified atom stereocenters. The fourth-order valence-electron chi connectivity index (χ4n) is 3.92. The smallest absolute Gasteiger partial charge is 0.431 e. The average molecular weight is 420 g/mol. The van der Waals surface area contributed by atoms with E-state index in [0.29, 0.717) is 17.8 Å². The molecule has 0 saturated carbocycles. The van der Waals surface area contributed by atoms with Gasteiger partial charge in [-0.1, -0.05) is 6.92 Å². The summed E-state index contributed by atoms with van der Waals surface area (Å²) in [6.07, 6.45) is -0.257. The van der Waals surface area contributed by atoms with Crippen LogP contribution in [0.25, 0.3) is 5.52 Å². The molecule has 2 fully saturated rings. The molecule has 164 valence electrons. The zero-order valence-electron chi connectivity index (χ0n) is 17.8. The molecule has 2 aliphatic heterocycles. The third kappa shape index (κ3) is 3.59. The molecule has 2 N–H and O–H groups in total. The highest BCUT2D eigenvalue weighted by molar-refractivity contribution is 5.65. The number of fused-ring (bicyclic) bond motifs is 2. The number of nitrogens with two attached hydrogens (primary N) is 1. The molecule has 0 aromatic carbocycles. The third-order valence-corrected chi connectivity index (χ3v) is 5.58. The van der Waals surface area contributed by atoms with Gasteiger partial charge in [-0.25, -0.2) is 14.3 Å². The first-order valence-corrected chi connectivity index (χ1v) is 10.1. The highest BCUT2D eigenvalue weighted by Crippen LogP contribution is 2.50. The van der Waals surface area contributed by atoms with Crippen molar-refractivity contribution < 1.29 is 28.5 Å². The van der Waals surface area contributed by atoms with Crippen molar-refractivity contribution in [3.05, 3.63) is 24.2 Å². The molecule has 4 heterocycles. The second kappa shape index (κ2) is 7.36. The van der Waals surface area contributed by atoms with Gasteiger partial charge in [0.1, 0.15) is 48.5 Å². The number of hydrogen-bond donors (Lipinski definition) is 1. The van der Waals surface area contributed by atoms with Gasteiger partial charge in [0.2, 0.25) is 0 Å². The normalized spacial score (nSPS) is 30.9. The summed E-state index contributed by atoms with van der Waals surface area (Å²) in [5.41, 5.74) is 6.44. The lowest BCUT2D eigenvalue weighted by atomic mass is 9.97. The minimum Gasteiger partial charge on any atom is -0.431 e. The number of nitrogens with zero attached hydrogens (tertiary/aromatic N) is 3. The molecule has 0 spiro atoms. The summed E-state index contributed by atoms with van der Waals surface area (Å²) in [5, 5.41) is 4.30. The van der Waals surface area contributed by atoms with Gasteiger partial charge in [-0.15, -0.1) is 0 Å². The summed E-state index contributed by atoms with van der Waals surface area (Å²) in [6, 6.07) is 3.71. The Labute approximate surface area is 174 Å². The van der Waals surface area contributed by atoms with Gasteiger partial charge < -0.3 is 29.4 Å². The summed E-state index contributed by atoms with van der Waals surface area (Å²) in [6.45, 7) is 9.22. The van der Waals surface area contributed by atoms with E-state index in [-0.39, 0.29) is 12.7 Å². The fraction of sp³-hybridized carbons (Fsp3) is 0.650. The van der Waals surface area contributed by atoms with Crippen molar-refractivity contribution in [2.75, 3.05) is 12.3 Å². The van der Waals surface area contributed by atoms with E-state index >= 15 is 0 Å². The average Bonchev–Trinajstić information content (AvgIpc) is 3.32. The molecule has 2 aliphatic rings. The fourth-order valence-corrected chi connectivity index (χ4v) is 3.92. The van der Waals surface area contributed by atoms with Gasteiger partial charge in [-0.2, -0.15) is 5.10 Å². The Morgan fingerprint density at radius 3 is 2.80 bits per heavy atom. The van der Waals surface area contributed by atoms with Crippen molar-refractivity contribution in [3.8, 4) is 0 Å². The molecule has 2 aromatic rings. The number of anilines is 1. The van der Waals surface area contributed by atoms with E-state index < -0.39 is 35.9 Å². The van der Waals surface area contributed by atoms with Crippen LogP contribution in [-0.4, -0.2) is 57.1 Å². The Balaban J connectivity index is 1.60. The van der Waals surface area contributed by atoms with Gasteiger partial charge in [0.05, 0.1) is 5.69 Å². The van der Waals surface area contributed by atoms with Gasteiger partial charge in [0.15, 0.2) is 11.6 Å². The standard InChI is InChI=1S/C20H28N4O6/c1-6-11(2)27-18(25)26-9-20(5)16-15(28-19(3,4)30-16)14(29-20)12-7-8-13-17(21)22-10-23-24(12)13/h7-8,10-11,14-16H,6,9H2,1-5H3,(H2,21,22,23)/t11-,14-,15-,16-,20+/m0/s1. The number of carbonyl (C=O) groups excluding carboxylic acids is 1. The molecule has 10 nitrogen and oxygen atoms in total. The van der Waals surface area contributed by atoms with Crippen molar-refractivity contribution in [2.24, 2.45) is 0 Å². The third-order valence-electron chi connectivity index (χ3n) is 5.58. The number of rotatable bonds is 5. The maximum atomic E-state index is 12.0. The molecule has 0 radical (unpaired) electrons. The van der Waals surface area contributed by atoms with Crippen LogP contribution < -0.4 is 5.73 Å². The first kappa shape index (κ1) is 20.8. The van der Waals surface area contributed by atoms with Gasteiger partial charge in [0.25, 0.3) is 0 Å². The lowest BCUT2D eigenvalue weighted by Gasteiger charge is -2.31. The number of carbonyl (C=O) groups is 1. The van der Waals surface area contributed by atoms with E-state index in [9.17, 15) is 4.79 Å². The van der Waals surface area contributed by atoms with Crippen molar-refractivity contribution in [3.63, 3.8) is 0 Å². The molecule has 0 amide bonds. The Morgan fingerprint density at radius 1 is 1.30 bits per heavy atom. The topological polar surface area (TPSA) is 119 Å². The van der Waals surface area contributed by atoms with E-state index in [1.807, 2.05) is 46.8 Å². The van der Waals surface area contributed by atoms with E-state index in [1.165, 1.54) is 6.33 Å². The second-order valence-corrected chi connectivity index (χ2v) is 8.45. The van der Waals surface area contributed by atoms with Crippen LogP contribution in [0.4, 0.5) is 10.6 Å². The summed E-state index contributed by atoms with van der Waals surface area (Å²) in [5.74, 6) is -0.440. The van der Waals surface area contributed by atoms with Crippen LogP contribution in [0.3, 0.4) is 0 Å². The van der Waals surface area contributed by atoms with Crippen LogP contribution in [0.1, 0.15) is 52.8 Å². The molecular weight excluding hydrogens is 392 g/mol. The van der Waals surface area contributed by atoms with Crippen LogP contribution in [0.5, 0.6) is 0 Å². The lowest BCUT2D eigenvalue weighted by molar-refractivity contribution is -0.214. The molecule has 2 aromatic heterocycles. The lowest BCUT2D eigenvalue weighted by Crippen LogP contribution is -2.45. The maximum absolute atomic E-state index is 12.0. The van der Waals surface area contributed by atoms with Crippen molar-refractivity contribution in [1.29, 1.82) is 0 Å². The highest BCUT2D eigenvalue weighted by Gasteiger charge is 2.62. The van der Waals surface area contributed by atoms with Crippen LogP contribution in [0, 0.1) is 0 Å². The summed E-state index contributed by atoms with van der Waals surface area (Å²) >= 11 is 0. The van der Waals surface area contributed by atoms with Crippen LogP contribution in [-0.2, 0) is 23.7 Å². The molecule has 10 heteroatoms.